The van der Waals surface area contributed by atoms with Gasteiger partial charge in [-0.2, -0.15) is 0 Å². The number of rotatable bonds is 2. The fraction of sp³-hybridized carbons (Fsp3) is 0.400. The van der Waals surface area contributed by atoms with Crippen LogP contribution in [0.1, 0.15) is 35.9 Å². The van der Waals surface area contributed by atoms with Crippen molar-refractivity contribution >= 4 is 16.8 Å². The van der Waals surface area contributed by atoms with Crippen molar-refractivity contribution in [2.24, 2.45) is 0 Å². The third-order valence-electron chi connectivity index (χ3n) is 3.68. The summed E-state index contributed by atoms with van der Waals surface area (Å²) in [6.07, 6.45) is 0. The van der Waals surface area contributed by atoms with E-state index in [-0.39, 0.29) is 11.9 Å². The van der Waals surface area contributed by atoms with Crippen molar-refractivity contribution in [2.75, 3.05) is 13.2 Å². The van der Waals surface area contributed by atoms with Gasteiger partial charge in [-0.1, -0.05) is 12.1 Å². The van der Waals surface area contributed by atoms with E-state index >= 15 is 0 Å². The standard InChI is InChI=1S/C15H18N2O2/c1-4-19-14-11-7-5-6-9(2)12(11)17-10(3)8-16-15(18)13(14)17/h5-7,10H,4,8H2,1-3H3,(H,16,18). The molecular weight excluding hydrogens is 240 g/mol. The summed E-state index contributed by atoms with van der Waals surface area (Å²) >= 11 is 0. The van der Waals surface area contributed by atoms with E-state index in [4.69, 9.17) is 4.74 Å². The summed E-state index contributed by atoms with van der Waals surface area (Å²) < 4.78 is 7.87. The summed E-state index contributed by atoms with van der Waals surface area (Å²) in [4.78, 5) is 12.2. The van der Waals surface area contributed by atoms with Gasteiger partial charge in [-0.3, -0.25) is 4.79 Å². The maximum Gasteiger partial charge on any atom is 0.271 e. The number of hydrogen-bond donors (Lipinski definition) is 1. The molecule has 1 aromatic carbocycles. The van der Waals surface area contributed by atoms with Gasteiger partial charge in [-0.25, -0.2) is 0 Å². The number of carbonyl (C=O) groups excluding carboxylic acids is 1. The molecule has 4 nitrogen and oxygen atoms in total. The van der Waals surface area contributed by atoms with E-state index in [1.807, 2.05) is 19.1 Å². The number of aryl methyl sites for hydroxylation is 1. The van der Waals surface area contributed by atoms with Crippen LogP contribution < -0.4 is 10.1 Å². The lowest BCUT2D eigenvalue weighted by atomic mass is 10.1. The molecule has 1 amide bonds. The molecule has 0 radical (unpaired) electrons. The molecule has 0 aliphatic carbocycles. The van der Waals surface area contributed by atoms with Crippen LogP contribution in [0.5, 0.6) is 5.75 Å². The van der Waals surface area contributed by atoms with Crippen LogP contribution in [0.15, 0.2) is 18.2 Å². The van der Waals surface area contributed by atoms with Gasteiger partial charge in [-0.15, -0.1) is 0 Å². The second-order valence-corrected chi connectivity index (χ2v) is 5.01. The molecule has 3 rings (SSSR count). The molecule has 1 aromatic heterocycles. The van der Waals surface area contributed by atoms with Crippen LogP contribution in [-0.2, 0) is 0 Å². The summed E-state index contributed by atoms with van der Waals surface area (Å²) in [6, 6.07) is 6.35. The lowest BCUT2D eigenvalue weighted by molar-refractivity contribution is 0.0914. The Morgan fingerprint density at radius 1 is 1.47 bits per heavy atom. The van der Waals surface area contributed by atoms with Crippen LogP contribution in [0.2, 0.25) is 0 Å². The maximum atomic E-state index is 12.2. The zero-order valence-corrected chi connectivity index (χ0v) is 11.5. The third kappa shape index (κ3) is 1.63. The second-order valence-electron chi connectivity index (χ2n) is 5.01. The van der Waals surface area contributed by atoms with Gasteiger partial charge in [0.1, 0.15) is 0 Å². The Kier molecular flexibility index (Phi) is 2.73. The second kappa shape index (κ2) is 4.30. The molecule has 100 valence electrons. The van der Waals surface area contributed by atoms with Gasteiger partial charge in [0, 0.05) is 18.0 Å². The van der Waals surface area contributed by atoms with E-state index < -0.39 is 0 Å². The van der Waals surface area contributed by atoms with Crippen molar-refractivity contribution in [1.82, 2.24) is 9.88 Å². The Bertz CT molecular complexity index is 658. The monoisotopic (exact) mass is 258 g/mol. The van der Waals surface area contributed by atoms with Gasteiger partial charge in [0.25, 0.3) is 5.91 Å². The molecule has 0 spiro atoms. The van der Waals surface area contributed by atoms with Gasteiger partial charge in [-0.05, 0) is 32.4 Å². The number of hydrogen-bond acceptors (Lipinski definition) is 2. The predicted molar refractivity (Wildman–Crippen MR) is 74.9 cm³/mol. The van der Waals surface area contributed by atoms with Crippen molar-refractivity contribution in [3.8, 4) is 5.75 Å². The average molecular weight is 258 g/mol. The normalized spacial score (nSPS) is 18.3. The smallest absolute Gasteiger partial charge is 0.271 e. The van der Waals surface area contributed by atoms with Crippen LogP contribution in [0, 0.1) is 6.92 Å². The van der Waals surface area contributed by atoms with E-state index in [1.165, 1.54) is 5.56 Å². The van der Waals surface area contributed by atoms with Crippen LogP contribution in [0.25, 0.3) is 10.9 Å². The maximum absolute atomic E-state index is 12.2. The highest BCUT2D eigenvalue weighted by molar-refractivity contribution is 6.05. The predicted octanol–water partition coefficient (Wildman–Crippen LogP) is 2.65. The molecule has 1 atom stereocenters. The SMILES string of the molecule is CCOc1c2n(c3c(C)cccc13)C(C)CNC2=O. The quantitative estimate of drug-likeness (QED) is 0.900. The van der Waals surface area contributed by atoms with E-state index in [0.29, 0.717) is 24.6 Å². The molecule has 0 saturated heterocycles. The van der Waals surface area contributed by atoms with Crippen molar-refractivity contribution < 1.29 is 9.53 Å². The minimum Gasteiger partial charge on any atom is -0.491 e. The lowest BCUT2D eigenvalue weighted by Gasteiger charge is -2.24. The van der Waals surface area contributed by atoms with Crippen molar-refractivity contribution in [3.63, 3.8) is 0 Å². The molecule has 0 fully saturated rings. The largest absolute Gasteiger partial charge is 0.491 e. The number of benzene rings is 1. The Labute approximate surface area is 112 Å². The zero-order valence-electron chi connectivity index (χ0n) is 11.5. The van der Waals surface area contributed by atoms with Crippen molar-refractivity contribution in [1.29, 1.82) is 0 Å². The summed E-state index contributed by atoms with van der Waals surface area (Å²) in [5.41, 5.74) is 2.94. The molecule has 1 aliphatic heterocycles. The number of para-hydroxylation sites is 1. The van der Waals surface area contributed by atoms with Crippen molar-refractivity contribution in [2.45, 2.75) is 26.8 Å². The number of nitrogens with zero attached hydrogens (tertiary/aromatic N) is 1. The Hall–Kier alpha value is -1.97. The van der Waals surface area contributed by atoms with Crippen LogP contribution in [0.4, 0.5) is 0 Å². The molecular formula is C15H18N2O2. The highest BCUT2D eigenvalue weighted by atomic mass is 16.5. The van der Waals surface area contributed by atoms with E-state index in [1.54, 1.807) is 0 Å². The molecule has 1 unspecified atom stereocenters. The molecule has 0 bridgehead atoms. The Morgan fingerprint density at radius 3 is 3.00 bits per heavy atom. The molecule has 4 heteroatoms. The molecule has 2 aromatic rings. The average Bonchev–Trinajstić information content (AvgIpc) is 2.72. The van der Waals surface area contributed by atoms with E-state index in [0.717, 1.165) is 10.9 Å². The number of amides is 1. The van der Waals surface area contributed by atoms with Gasteiger partial charge < -0.3 is 14.6 Å². The first-order valence-corrected chi connectivity index (χ1v) is 6.69. The molecule has 19 heavy (non-hydrogen) atoms. The van der Waals surface area contributed by atoms with Crippen LogP contribution in [0.3, 0.4) is 0 Å². The summed E-state index contributed by atoms with van der Waals surface area (Å²) in [7, 11) is 0. The van der Waals surface area contributed by atoms with Crippen LogP contribution >= 0.6 is 0 Å². The number of aromatic nitrogens is 1. The number of carbonyl (C=O) groups is 1. The highest BCUT2D eigenvalue weighted by Gasteiger charge is 2.30. The number of fused-ring (bicyclic) bond motifs is 3. The third-order valence-corrected chi connectivity index (χ3v) is 3.68. The summed E-state index contributed by atoms with van der Waals surface area (Å²) in [5.74, 6) is 0.669. The fourth-order valence-electron chi connectivity index (χ4n) is 2.87. The Balaban J connectivity index is 2.43. The first-order valence-electron chi connectivity index (χ1n) is 6.69. The van der Waals surface area contributed by atoms with E-state index in [9.17, 15) is 4.79 Å². The molecule has 2 heterocycles. The lowest BCUT2D eigenvalue weighted by Crippen LogP contribution is -2.37. The van der Waals surface area contributed by atoms with E-state index in [2.05, 4.69) is 29.8 Å². The topological polar surface area (TPSA) is 43.3 Å². The minimum atomic E-state index is -0.0443. The van der Waals surface area contributed by atoms with Crippen molar-refractivity contribution in [3.05, 3.63) is 29.5 Å². The highest BCUT2D eigenvalue weighted by Crippen LogP contribution is 2.38. The van der Waals surface area contributed by atoms with Gasteiger partial charge in [0.15, 0.2) is 11.4 Å². The molecule has 1 aliphatic rings. The number of nitrogens with one attached hydrogen (secondary N) is 1. The summed E-state index contributed by atoms with van der Waals surface area (Å²) in [6.45, 7) is 7.35. The first kappa shape index (κ1) is 12.1. The minimum absolute atomic E-state index is 0.0443. The first-order chi connectivity index (χ1) is 9.15. The Morgan fingerprint density at radius 2 is 2.26 bits per heavy atom. The van der Waals surface area contributed by atoms with Gasteiger partial charge in [0.2, 0.25) is 0 Å². The van der Waals surface area contributed by atoms with Crippen LogP contribution in [-0.4, -0.2) is 23.6 Å². The summed E-state index contributed by atoms with van der Waals surface area (Å²) in [5, 5.41) is 3.96. The number of ether oxygens (including phenoxy) is 1. The van der Waals surface area contributed by atoms with Gasteiger partial charge >= 0.3 is 0 Å². The van der Waals surface area contributed by atoms with Gasteiger partial charge in [0.05, 0.1) is 12.1 Å². The zero-order chi connectivity index (χ0) is 13.6. The molecule has 0 saturated carbocycles. The fourth-order valence-corrected chi connectivity index (χ4v) is 2.87. The molecule has 1 N–H and O–H groups in total.